The second-order valence-corrected chi connectivity index (χ2v) is 5.75. The Hall–Kier alpha value is -1.96. The molecular formula is C14H25N7O. The smallest absolute Gasteiger partial charge is 0.229 e. The van der Waals surface area contributed by atoms with Crippen molar-refractivity contribution in [1.29, 1.82) is 0 Å². The molecule has 0 aromatic carbocycles. The number of hydrogen-bond donors (Lipinski definition) is 2. The first-order valence-electron chi connectivity index (χ1n) is 7.67. The second-order valence-electron chi connectivity index (χ2n) is 5.75. The number of likely N-dealkylation sites (tertiary alicyclic amines) is 1. The summed E-state index contributed by atoms with van der Waals surface area (Å²) >= 11 is 0. The third-order valence-corrected chi connectivity index (χ3v) is 3.83. The third-order valence-electron chi connectivity index (χ3n) is 3.83. The van der Waals surface area contributed by atoms with Crippen molar-refractivity contribution in [3.05, 3.63) is 5.82 Å². The van der Waals surface area contributed by atoms with Crippen molar-refractivity contribution in [3.8, 4) is 0 Å². The predicted octanol–water partition coefficient (Wildman–Crippen LogP) is -0.132. The molecule has 0 radical (unpaired) electrons. The average molecular weight is 307 g/mol. The quantitative estimate of drug-likeness (QED) is 0.781. The first kappa shape index (κ1) is 16.4. The van der Waals surface area contributed by atoms with Gasteiger partial charge >= 0.3 is 0 Å². The van der Waals surface area contributed by atoms with Crippen molar-refractivity contribution < 1.29 is 4.79 Å². The largest absolute Gasteiger partial charge is 0.368 e. The van der Waals surface area contributed by atoms with E-state index in [1.54, 1.807) is 4.90 Å². The molecule has 8 nitrogen and oxygen atoms in total. The van der Waals surface area contributed by atoms with Crippen LogP contribution in [-0.2, 0) is 11.3 Å². The number of carbonyl (C=O) groups is 1. The molecule has 2 rings (SSSR count). The fraction of sp³-hybridized carbons (Fsp3) is 0.714. The fourth-order valence-corrected chi connectivity index (χ4v) is 2.57. The lowest BCUT2D eigenvalue weighted by atomic mass is 9.97. The molecule has 1 saturated heterocycles. The summed E-state index contributed by atoms with van der Waals surface area (Å²) in [5.41, 5.74) is 5.67. The number of nitrogens with one attached hydrogen (secondary N) is 1. The lowest BCUT2D eigenvalue weighted by Gasteiger charge is -2.30. The molecule has 1 aliphatic rings. The minimum absolute atomic E-state index is 0.0428. The van der Waals surface area contributed by atoms with E-state index in [9.17, 15) is 4.79 Å². The molecule has 8 heteroatoms. The van der Waals surface area contributed by atoms with Crippen molar-refractivity contribution in [2.75, 3.05) is 44.4 Å². The Labute approximate surface area is 131 Å². The number of hydrogen-bond acceptors (Lipinski definition) is 7. The minimum Gasteiger partial charge on any atom is -0.368 e. The van der Waals surface area contributed by atoms with E-state index in [0.717, 1.165) is 32.5 Å². The molecule has 0 saturated carbocycles. The molecule has 122 valence electrons. The van der Waals surface area contributed by atoms with Gasteiger partial charge in [-0.25, -0.2) is 0 Å². The fourth-order valence-electron chi connectivity index (χ4n) is 2.57. The molecule has 1 atom stereocenters. The van der Waals surface area contributed by atoms with Crippen LogP contribution < -0.4 is 16.0 Å². The highest BCUT2D eigenvalue weighted by atomic mass is 16.1. The van der Waals surface area contributed by atoms with Gasteiger partial charge in [0, 0.05) is 20.6 Å². The Balaban J connectivity index is 1.93. The maximum absolute atomic E-state index is 12.3. The van der Waals surface area contributed by atoms with Crippen molar-refractivity contribution in [2.24, 2.45) is 5.92 Å². The summed E-state index contributed by atoms with van der Waals surface area (Å²) in [7, 11) is 3.66. The zero-order valence-electron chi connectivity index (χ0n) is 13.5. The number of nitrogen functional groups attached to an aromatic ring is 1. The maximum Gasteiger partial charge on any atom is 0.229 e. The van der Waals surface area contributed by atoms with E-state index in [4.69, 9.17) is 5.73 Å². The number of rotatable bonds is 5. The molecule has 1 amide bonds. The second kappa shape index (κ2) is 7.35. The molecule has 3 N–H and O–H groups in total. The van der Waals surface area contributed by atoms with Crippen molar-refractivity contribution >= 4 is 17.8 Å². The lowest BCUT2D eigenvalue weighted by molar-refractivity contribution is -0.126. The normalized spacial score (nSPS) is 19.0. The van der Waals surface area contributed by atoms with Crippen molar-refractivity contribution in [3.63, 3.8) is 0 Å². The van der Waals surface area contributed by atoms with E-state index in [1.807, 2.05) is 14.1 Å². The van der Waals surface area contributed by atoms with E-state index in [-0.39, 0.29) is 24.3 Å². The summed E-state index contributed by atoms with van der Waals surface area (Å²) < 4.78 is 0. The highest BCUT2D eigenvalue weighted by molar-refractivity contribution is 5.78. The molecule has 2 heterocycles. The molecule has 0 aliphatic carbocycles. The summed E-state index contributed by atoms with van der Waals surface area (Å²) in [6.45, 7) is 5.28. The molecule has 0 unspecified atom stereocenters. The number of nitrogens with zero attached hydrogens (tertiary/aromatic N) is 5. The number of anilines is 2. The predicted molar refractivity (Wildman–Crippen MR) is 85.3 cm³/mol. The maximum atomic E-state index is 12.3. The van der Waals surface area contributed by atoms with Gasteiger partial charge in [0.1, 0.15) is 0 Å². The van der Waals surface area contributed by atoms with Crippen LogP contribution in [0.25, 0.3) is 0 Å². The van der Waals surface area contributed by atoms with Crippen LogP contribution in [0, 0.1) is 5.92 Å². The Morgan fingerprint density at radius 1 is 1.41 bits per heavy atom. The van der Waals surface area contributed by atoms with Gasteiger partial charge in [0.2, 0.25) is 17.8 Å². The van der Waals surface area contributed by atoms with E-state index < -0.39 is 0 Å². The Kier molecular flexibility index (Phi) is 5.48. The SMILES string of the molecule is CCN1CCC[C@@H](C(=O)NCc2nc(N)nc(N(C)C)n2)C1. The summed E-state index contributed by atoms with van der Waals surface area (Å²) in [6.07, 6.45) is 2.00. The number of amides is 1. The standard InChI is InChI=1S/C14H25N7O/c1-4-21-7-5-6-10(9-21)12(22)16-8-11-17-13(15)19-14(18-11)20(2)3/h10H,4-9H2,1-3H3,(H,16,22)(H2,15,17,18,19)/t10-/m1/s1. The third kappa shape index (κ3) is 4.27. The number of aromatic nitrogens is 3. The van der Waals surface area contributed by atoms with E-state index in [2.05, 4.69) is 32.1 Å². The highest BCUT2D eigenvalue weighted by Gasteiger charge is 2.24. The monoisotopic (exact) mass is 307 g/mol. The van der Waals surface area contributed by atoms with Crippen molar-refractivity contribution in [2.45, 2.75) is 26.3 Å². The zero-order valence-corrected chi connectivity index (χ0v) is 13.5. The molecule has 0 bridgehead atoms. The first-order chi connectivity index (χ1) is 10.5. The Morgan fingerprint density at radius 3 is 2.86 bits per heavy atom. The minimum atomic E-state index is 0.0428. The van der Waals surface area contributed by atoms with Gasteiger partial charge in [-0.1, -0.05) is 6.92 Å². The van der Waals surface area contributed by atoms with Crippen LogP contribution in [0.2, 0.25) is 0 Å². The first-order valence-corrected chi connectivity index (χ1v) is 7.67. The van der Waals surface area contributed by atoms with Crippen LogP contribution in [0.3, 0.4) is 0 Å². The topological polar surface area (TPSA) is 100 Å². The van der Waals surface area contributed by atoms with Crippen LogP contribution in [0.5, 0.6) is 0 Å². The molecule has 1 aromatic heterocycles. The summed E-state index contributed by atoms with van der Waals surface area (Å²) in [5, 5.41) is 2.91. The van der Waals surface area contributed by atoms with Crippen LogP contribution in [0.4, 0.5) is 11.9 Å². The van der Waals surface area contributed by atoms with Crippen molar-refractivity contribution in [1.82, 2.24) is 25.2 Å². The van der Waals surface area contributed by atoms with Gasteiger partial charge in [0.25, 0.3) is 0 Å². The molecule has 1 aromatic rings. The Morgan fingerprint density at radius 2 is 2.18 bits per heavy atom. The van der Waals surface area contributed by atoms with Gasteiger partial charge in [-0.3, -0.25) is 4.79 Å². The molecule has 1 aliphatic heterocycles. The highest BCUT2D eigenvalue weighted by Crippen LogP contribution is 2.16. The van der Waals surface area contributed by atoms with Gasteiger partial charge in [-0.15, -0.1) is 0 Å². The molecule has 1 fully saturated rings. The van der Waals surface area contributed by atoms with Crippen LogP contribution in [0.1, 0.15) is 25.6 Å². The zero-order chi connectivity index (χ0) is 16.1. The van der Waals surface area contributed by atoms with Gasteiger partial charge in [0.05, 0.1) is 12.5 Å². The number of carbonyl (C=O) groups excluding carboxylic acids is 1. The summed E-state index contributed by atoms with van der Waals surface area (Å²) in [4.78, 5) is 28.7. The summed E-state index contributed by atoms with van der Waals surface area (Å²) in [6, 6.07) is 0. The van der Waals surface area contributed by atoms with Crippen LogP contribution in [0.15, 0.2) is 0 Å². The average Bonchev–Trinajstić information content (AvgIpc) is 2.52. The molecule has 0 spiro atoms. The molecule has 22 heavy (non-hydrogen) atoms. The van der Waals surface area contributed by atoms with E-state index >= 15 is 0 Å². The van der Waals surface area contributed by atoms with E-state index in [0.29, 0.717) is 11.8 Å². The lowest BCUT2D eigenvalue weighted by Crippen LogP contribution is -2.42. The van der Waals surface area contributed by atoms with Crippen LogP contribution in [-0.4, -0.2) is 59.5 Å². The van der Waals surface area contributed by atoms with E-state index in [1.165, 1.54) is 0 Å². The summed E-state index contributed by atoms with van der Waals surface area (Å²) in [5.74, 6) is 1.24. The van der Waals surface area contributed by atoms with Gasteiger partial charge in [-0.2, -0.15) is 15.0 Å². The van der Waals surface area contributed by atoms with Gasteiger partial charge < -0.3 is 20.9 Å². The van der Waals surface area contributed by atoms with Gasteiger partial charge in [-0.05, 0) is 25.9 Å². The number of piperidine rings is 1. The van der Waals surface area contributed by atoms with Crippen LogP contribution >= 0.6 is 0 Å². The number of nitrogens with two attached hydrogens (primary N) is 1. The Bertz CT molecular complexity index is 520. The van der Waals surface area contributed by atoms with Gasteiger partial charge in [0.15, 0.2) is 5.82 Å². The molecular weight excluding hydrogens is 282 g/mol.